The lowest BCUT2D eigenvalue weighted by Gasteiger charge is -2.40. The largest absolute Gasteiger partial charge is 0.468 e. The molecular formula is C36H46F2O5. The first-order chi connectivity index (χ1) is 20.9. The number of esters is 1. The third kappa shape index (κ3) is 9.72. The molecule has 0 saturated heterocycles. The molecule has 5 nitrogen and oxygen atoms in total. The molecule has 7 heteroatoms. The fourth-order valence-corrected chi connectivity index (χ4v) is 7.44. The summed E-state index contributed by atoms with van der Waals surface area (Å²) in [5.74, 6) is 2.41. The number of hydrogen-bond donors (Lipinski definition) is 1. The average molecular weight is 597 g/mol. The molecule has 0 spiro atoms. The highest BCUT2D eigenvalue weighted by atomic mass is 19.3. The maximum atomic E-state index is 12.3. The van der Waals surface area contributed by atoms with E-state index in [9.17, 15) is 18.4 Å². The molecule has 2 aliphatic carbocycles. The van der Waals surface area contributed by atoms with Gasteiger partial charge in [-0.2, -0.15) is 8.78 Å². The second kappa shape index (κ2) is 16.7. The van der Waals surface area contributed by atoms with Gasteiger partial charge in [0.05, 0.1) is 25.4 Å². The first-order valence-electron chi connectivity index (χ1n) is 15.9. The summed E-state index contributed by atoms with van der Waals surface area (Å²) in [5.41, 5.74) is 2.56. The smallest absolute Gasteiger partial charge is 0.335 e. The van der Waals surface area contributed by atoms with E-state index in [4.69, 9.17) is 14.6 Å². The zero-order chi connectivity index (χ0) is 30.6. The van der Waals surface area contributed by atoms with Crippen LogP contribution in [0.3, 0.4) is 0 Å². The quantitative estimate of drug-likeness (QED) is 0.0969. The number of ether oxygens (including phenoxy) is 2. The Hall–Kier alpha value is -3.06. The van der Waals surface area contributed by atoms with Crippen molar-refractivity contribution in [3.63, 3.8) is 0 Å². The van der Waals surface area contributed by atoms with Crippen LogP contribution in [0.1, 0.15) is 87.7 Å². The number of allylic oxidation sites excluding steroid dienone is 1. The van der Waals surface area contributed by atoms with E-state index < -0.39 is 18.7 Å². The van der Waals surface area contributed by atoms with E-state index in [0.29, 0.717) is 43.7 Å². The molecule has 0 aliphatic heterocycles. The zero-order valence-corrected chi connectivity index (χ0v) is 25.2. The predicted octanol–water partition coefficient (Wildman–Crippen LogP) is 8.29. The number of benzene rings is 2. The highest BCUT2D eigenvalue weighted by Gasteiger charge is 2.33. The first kappa shape index (κ1) is 32.8. The lowest BCUT2D eigenvalue weighted by molar-refractivity contribution is -0.140. The standard InChI is InChI=1S/C36H46F2O5/c1-25(23-39)36(41)43-20-18-31(17-19-42-24-40)29-9-7-27(8-10-29)28-11-13-30(14-12-28)33-16-15-32-21-26(3-2-4-35(37)38)5-6-34(32)22-33/h4-6,15-16,21-22,24,27-31,39H,1-3,7-14,17-20,23H2. The van der Waals surface area contributed by atoms with Gasteiger partial charge in [0, 0.05) is 0 Å². The van der Waals surface area contributed by atoms with Gasteiger partial charge in [-0.25, -0.2) is 4.79 Å². The number of halogens is 2. The van der Waals surface area contributed by atoms with E-state index >= 15 is 0 Å². The third-order valence-electron chi connectivity index (χ3n) is 9.93. The summed E-state index contributed by atoms with van der Waals surface area (Å²) in [4.78, 5) is 22.5. The lowest BCUT2D eigenvalue weighted by Crippen LogP contribution is -2.29. The molecule has 1 atom stereocenters. The molecule has 234 valence electrons. The molecule has 0 heterocycles. The van der Waals surface area contributed by atoms with Crippen LogP contribution in [-0.4, -0.2) is 37.4 Å². The van der Waals surface area contributed by atoms with Gasteiger partial charge in [0.15, 0.2) is 0 Å². The monoisotopic (exact) mass is 596 g/mol. The van der Waals surface area contributed by atoms with Crippen molar-refractivity contribution < 1.29 is 33.0 Å². The lowest BCUT2D eigenvalue weighted by atomic mass is 9.66. The number of rotatable bonds is 15. The summed E-state index contributed by atoms with van der Waals surface area (Å²) in [7, 11) is 0. The van der Waals surface area contributed by atoms with E-state index in [-0.39, 0.29) is 12.2 Å². The molecule has 43 heavy (non-hydrogen) atoms. The molecular weight excluding hydrogens is 550 g/mol. The fraction of sp³-hybridized carbons (Fsp3) is 0.556. The molecule has 1 unspecified atom stereocenters. The van der Waals surface area contributed by atoms with Gasteiger partial charge in [0.2, 0.25) is 0 Å². The van der Waals surface area contributed by atoms with Gasteiger partial charge in [-0.05, 0) is 135 Å². The minimum Gasteiger partial charge on any atom is -0.468 e. The Balaban J connectivity index is 1.24. The second-order valence-electron chi connectivity index (χ2n) is 12.5. The Morgan fingerprint density at radius 2 is 1.58 bits per heavy atom. The first-order valence-corrected chi connectivity index (χ1v) is 15.9. The Labute approximate surface area is 254 Å². The topological polar surface area (TPSA) is 72.8 Å². The van der Waals surface area contributed by atoms with Gasteiger partial charge in [-0.1, -0.05) is 43.0 Å². The molecule has 2 fully saturated rings. The molecule has 0 amide bonds. The van der Waals surface area contributed by atoms with Crippen LogP contribution in [0.2, 0.25) is 0 Å². The van der Waals surface area contributed by atoms with Crippen LogP contribution in [0, 0.1) is 23.7 Å². The SMILES string of the molecule is C=C(CO)C(=O)OCCC(CCOC=O)C1CCC(C2CCC(c3ccc4cc(CCC=C(F)F)ccc4c3)CC2)CC1. The van der Waals surface area contributed by atoms with Crippen molar-refractivity contribution in [2.75, 3.05) is 19.8 Å². The van der Waals surface area contributed by atoms with Gasteiger partial charge >= 0.3 is 5.97 Å². The van der Waals surface area contributed by atoms with Crippen molar-refractivity contribution in [2.24, 2.45) is 23.7 Å². The van der Waals surface area contributed by atoms with E-state index in [1.54, 1.807) is 0 Å². The Bertz CT molecular complexity index is 1240. The molecule has 0 radical (unpaired) electrons. The summed E-state index contributed by atoms with van der Waals surface area (Å²) in [6, 6.07) is 13.1. The normalized spacial score (nSPS) is 22.9. The van der Waals surface area contributed by atoms with Crippen molar-refractivity contribution in [1.82, 2.24) is 0 Å². The predicted molar refractivity (Wildman–Crippen MR) is 165 cm³/mol. The Kier molecular flexibility index (Phi) is 12.8. The molecule has 2 aromatic carbocycles. The van der Waals surface area contributed by atoms with Crippen LogP contribution < -0.4 is 0 Å². The summed E-state index contributed by atoms with van der Waals surface area (Å²) in [6.07, 6.45) is 11.5. The highest BCUT2D eigenvalue weighted by molar-refractivity contribution is 5.87. The van der Waals surface area contributed by atoms with Crippen LogP contribution in [-0.2, 0) is 25.5 Å². The fourth-order valence-electron chi connectivity index (χ4n) is 7.44. The van der Waals surface area contributed by atoms with E-state index in [0.717, 1.165) is 49.2 Å². The van der Waals surface area contributed by atoms with Crippen LogP contribution in [0.5, 0.6) is 0 Å². The molecule has 2 aromatic rings. The van der Waals surface area contributed by atoms with Crippen molar-refractivity contribution in [2.45, 2.75) is 83.0 Å². The molecule has 0 aromatic heterocycles. The number of aliphatic hydroxyl groups excluding tert-OH is 1. The molecule has 2 saturated carbocycles. The van der Waals surface area contributed by atoms with Crippen molar-refractivity contribution in [1.29, 1.82) is 0 Å². The van der Waals surface area contributed by atoms with Crippen molar-refractivity contribution in [3.05, 3.63) is 71.8 Å². The van der Waals surface area contributed by atoms with Crippen molar-refractivity contribution in [3.8, 4) is 0 Å². The minimum absolute atomic E-state index is 0.0609. The van der Waals surface area contributed by atoms with Gasteiger partial charge in [-0.15, -0.1) is 0 Å². The van der Waals surface area contributed by atoms with Crippen molar-refractivity contribution >= 4 is 23.2 Å². The minimum atomic E-state index is -1.61. The molecule has 4 rings (SSSR count). The van der Waals surface area contributed by atoms with Crippen LogP contribution >= 0.6 is 0 Å². The second-order valence-corrected chi connectivity index (χ2v) is 12.5. The number of aliphatic hydroxyl groups is 1. The average Bonchev–Trinajstić information content (AvgIpc) is 3.03. The summed E-state index contributed by atoms with van der Waals surface area (Å²) in [6.45, 7) is 4.27. The maximum Gasteiger partial charge on any atom is 0.335 e. The third-order valence-corrected chi connectivity index (χ3v) is 9.93. The van der Waals surface area contributed by atoms with Crippen LogP contribution in [0.4, 0.5) is 8.78 Å². The van der Waals surface area contributed by atoms with Gasteiger partial charge in [0.1, 0.15) is 0 Å². The number of hydrogen-bond acceptors (Lipinski definition) is 5. The Morgan fingerprint density at radius 1 is 0.930 bits per heavy atom. The molecule has 1 N–H and O–H groups in total. The summed E-state index contributed by atoms with van der Waals surface area (Å²) in [5, 5.41) is 11.5. The molecule has 0 bridgehead atoms. The van der Waals surface area contributed by atoms with E-state index in [1.165, 1.54) is 54.9 Å². The number of carbonyl (C=O) groups is 2. The maximum absolute atomic E-state index is 12.3. The number of carbonyl (C=O) groups excluding carboxylic acids is 2. The Morgan fingerprint density at radius 3 is 2.26 bits per heavy atom. The highest BCUT2D eigenvalue weighted by Crippen LogP contribution is 2.46. The van der Waals surface area contributed by atoms with Gasteiger partial charge in [-0.3, -0.25) is 4.79 Å². The van der Waals surface area contributed by atoms with Gasteiger partial charge in [0.25, 0.3) is 12.6 Å². The van der Waals surface area contributed by atoms with E-state index in [1.807, 2.05) is 0 Å². The van der Waals surface area contributed by atoms with Crippen LogP contribution in [0.25, 0.3) is 10.8 Å². The van der Waals surface area contributed by atoms with E-state index in [2.05, 4.69) is 43.0 Å². The zero-order valence-electron chi connectivity index (χ0n) is 25.2. The van der Waals surface area contributed by atoms with Gasteiger partial charge < -0.3 is 14.6 Å². The summed E-state index contributed by atoms with van der Waals surface area (Å²) < 4.78 is 35.0. The number of fused-ring (bicyclic) bond motifs is 1. The number of aryl methyl sites for hydroxylation is 1. The molecule has 2 aliphatic rings. The van der Waals surface area contributed by atoms with Crippen LogP contribution in [0.15, 0.2) is 60.7 Å². The summed E-state index contributed by atoms with van der Waals surface area (Å²) >= 11 is 0.